The zero-order chi connectivity index (χ0) is 20.6. The molecule has 0 unspecified atom stereocenters. The van der Waals surface area contributed by atoms with Gasteiger partial charge in [-0.15, -0.1) is 0 Å². The van der Waals surface area contributed by atoms with Gasteiger partial charge in [0, 0.05) is 5.69 Å². The number of rotatable bonds is 8. The Labute approximate surface area is 165 Å². The molecule has 0 saturated heterocycles. The van der Waals surface area contributed by atoms with Gasteiger partial charge < -0.3 is 19.5 Å². The number of hydrogen-bond donors (Lipinski definition) is 1. The van der Waals surface area contributed by atoms with Crippen molar-refractivity contribution < 1.29 is 23.8 Å². The lowest BCUT2D eigenvalue weighted by Gasteiger charge is -2.19. The minimum atomic E-state index is -0.618. The van der Waals surface area contributed by atoms with Crippen molar-refractivity contribution in [3.8, 4) is 11.5 Å². The van der Waals surface area contributed by atoms with Crippen molar-refractivity contribution in [2.24, 2.45) is 0 Å². The highest BCUT2D eigenvalue weighted by atomic mass is 16.6. The molecule has 0 aliphatic rings. The van der Waals surface area contributed by atoms with E-state index in [4.69, 9.17) is 14.2 Å². The van der Waals surface area contributed by atoms with Crippen LogP contribution in [0.25, 0.3) is 0 Å². The molecule has 6 nitrogen and oxygen atoms in total. The topological polar surface area (TPSA) is 73.9 Å². The molecule has 2 aromatic rings. The number of esters is 1. The molecule has 28 heavy (non-hydrogen) atoms. The molecule has 150 valence electrons. The van der Waals surface area contributed by atoms with E-state index in [0.29, 0.717) is 18.0 Å². The Balaban J connectivity index is 1.72. The minimum Gasteiger partial charge on any atom is -0.494 e. The first-order valence-corrected chi connectivity index (χ1v) is 9.19. The number of carbonyl (C=O) groups excluding carboxylic acids is 2. The zero-order valence-electron chi connectivity index (χ0n) is 16.8. The Morgan fingerprint density at radius 2 is 1.43 bits per heavy atom. The predicted octanol–water partition coefficient (Wildman–Crippen LogP) is 3.94. The van der Waals surface area contributed by atoms with Gasteiger partial charge in [-0.05, 0) is 54.3 Å². The lowest BCUT2D eigenvalue weighted by molar-refractivity contribution is -0.149. The van der Waals surface area contributed by atoms with Gasteiger partial charge in [0.15, 0.2) is 13.2 Å². The number of nitrogens with one attached hydrogen (secondary N) is 1. The Morgan fingerprint density at radius 3 is 1.96 bits per heavy atom. The van der Waals surface area contributed by atoms with Crippen molar-refractivity contribution >= 4 is 17.6 Å². The number of carbonyl (C=O) groups is 2. The molecule has 0 fully saturated rings. The first-order valence-electron chi connectivity index (χ1n) is 9.19. The molecule has 2 rings (SSSR count). The standard InChI is InChI=1S/C22H27NO5/c1-5-26-18-10-12-19(13-11-18)27-15-21(25)28-14-20(24)23-17-8-6-16(7-9-17)22(2,3)4/h6-13H,5,14-15H2,1-4H3,(H,23,24). The summed E-state index contributed by atoms with van der Waals surface area (Å²) in [7, 11) is 0. The molecule has 0 aliphatic carbocycles. The fraction of sp³-hybridized carbons (Fsp3) is 0.364. The molecular weight excluding hydrogens is 358 g/mol. The zero-order valence-corrected chi connectivity index (χ0v) is 16.8. The SMILES string of the molecule is CCOc1ccc(OCC(=O)OCC(=O)Nc2ccc(C(C)(C)C)cc2)cc1. The van der Waals surface area contributed by atoms with Gasteiger partial charge in [-0.2, -0.15) is 0 Å². The summed E-state index contributed by atoms with van der Waals surface area (Å²) >= 11 is 0. The first kappa shape index (κ1) is 21.3. The van der Waals surface area contributed by atoms with Crippen LogP contribution in [0.5, 0.6) is 11.5 Å². The summed E-state index contributed by atoms with van der Waals surface area (Å²) in [6.45, 7) is 8.20. The molecule has 0 saturated carbocycles. The molecule has 0 aliphatic heterocycles. The molecule has 0 radical (unpaired) electrons. The third-order valence-corrected chi connectivity index (χ3v) is 3.89. The van der Waals surface area contributed by atoms with Gasteiger partial charge in [-0.25, -0.2) is 4.79 Å². The van der Waals surface area contributed by atoms with Crippen LogP contribution in [-0.2, 0) is 19.7 Å². The fourth-order valence-corrected chi connectivity index (χ4v) is 2.38. The van der Waals surface area contributed by atoms with Crippen molar-refractivity contribution in [2.45, 2.75) is 33.1 Å². The van der Waals surface area contributed by atoms with E-state index in [0.717, 1.165) is 5.75 Å². The maximum Gasteiger partial charge on any atom is 0.344 e. The van der Waals surface area contributed by atoms with Crippen LogP contribution in [0.4, 0.5) is 5.69 Å². The molecule has 0 aromatic heterocycles. The average molecular weight is 385 g/mol. The highest BCUT2D eigenvalue weighted by molar-refractivity contribution is 5.92. The van der Waals surface area contributed by atoms with Crippen LogP contribution in [0.1, 0.15) is 33.3 Å². The quantitative estimate of drug-likeness (QED) is 0.697. The second-order valence-corrected chi connectivity index (χ2v) is 7.23. The smallest absolute Gasteiger partial charge is 0.344 e. The van der Waals surface area contributed by atoms with E-state index in [9.17, 15) is 9.59 Å². The highest BCUT2D eigenvalue weighted by Crippen LogP contribution is 2.23. The number of amides is 1. The lowest BCUT2D eigenvalue weighted by atomic mass is 9.87. The van der Waals surface area contributed by atoms with E-state index in [-0.39, 0.29) is 18.6 Å². The summed E-state index contributed by atoms with van der Waals surface area (Å²) < 4.78 is 15.6. The van der Waals surface area contributed by atoms with Crippen LogP contribution < -0.4 is 14.8 Å². The van der Waals surface area contributed by atoms with Gasteiger partial charge in [0.05, 0.1) is 6.61 Å². The Hall–Kier alpha value is -3.02. The summed E-state index contributed by atoms with van der Waals surface area (Å²) in [5.74, 6) is 0.221. The van der Waals surface area contributed by atoms with Gasteiger partial charge in [-0.3, -0.25) is 4.79 Å². The van der Waals surface area contributed by atoms with E-state index >= 15 is 0 Å². The number of hydrogen-bond acceptors (Lipinski definition) is 5. The van der Waals surface area contributed by atoms with Crippen molar-refractivity contribution in [3.63, 3.8) is 0 Å². The summed E-state index contributed by atoms with van der Waals surface area (Å²) in [4.78, 5) is 23.7. The van der Waals surface area contributed by atoms with Crippen molar-refractivity contribution in [1.29, 1.82) is 0 Å². The minimum absolute atomic E-state index is 0.0431. The second-order valence-electron chi connectivity index (χ2n) is 7.23. The Kier molecular flexibility index (Phi) is 7.44. The number of ether oxygens (including phenoxy) is 3. The van der Waals surface area contributed by atoms with Crippen LogP contribution in [0.2, 0.25) is 0 Å². The third-order valence-electron chi connectivity index (χ3n) is 3.89. The molecule has 1 N–H and O–H groups in total. The molecule has 0 atom stereocenters. The summed E-state index contributed by atoms with van der Waals surface area (Å²) in [6, 6.07) is 14.5. The average Bonchev–Trinajstić information content (AvgIpc) is 2.66. The molecule has 0 bridgehead atoms. The van der Waals surface area contributed by atoms with E-state index < -0.39 is 11.9 Å². The molecule has 0 spiro atoms. The molecule has 1 amide bonds. The summed E-state index contributed by atoms with van der Waals surface area (Å²) in [5.41, 5.74) is 1.87. The molecule has 0 heterocycles. The van der Waals surface area contributed by atoms with Crippen molar-refractivity contribution in [2.75, 3.05) is 25.1 Å². The summed E-state index contributed by atoms with van der Waals surface area (Å²) in [6.07, 6.45) is 0. The second kappa shape index (κ2) is 9.78. The lowest BCUT2D eigenvalue weighted by Crippen LogP contribution is -2.23. The maximum atomic E-state index is 11.9. The van der Waals surface area contributed by atoms with E-state index in [1.165, 1.54) is 5.56 Å². The van der Waals surface area contributed by atoms with Crippen molar-refractivity contribution in [3.05, 3.63) is 54.1 Å². The normalized spacial score (nSPS) is 10.9. The van der Waals surface area contributed by atoms with Crippen LogP contribution >= 0.6 is 0 Å². The van der Waals surface area contributed by atoms with Gasteiger partial charge in [0.25, 0.3) is 5.91 Å². The van der Waals surface area contributed by atoms with Crippen LogP contribution in [0.15, 0.2) is 48.5 Å². The van der Waals surface area contributed by atoms with E-state index in [1.807, 2.05) is 31.2 Å². The van der Waals surface area contributed by atoms with Gasteiger partial charge >= 0.3 is 5.97 Å². The van der Waals surface area contributed by atoms with Gasteiger partial charge in [0.1, 0.15) is 11.5 Å². The third kappa shape index (κ3) is 6.95. The Morgan fingerprint density at radius 1 is 0.857 bits per heavy atom. The van der Waals surface area contributed by atoms with E-state index in [1.54, 1.807) is 24.3 Å². The van der Waals surface area contributed by atoms with Crippen molar-refractivity contribution in [1.82, 2.24) is 0 Å². The fourth-order valence-electron chi connectivity index (χ4n) is 2.38. The first-order chi connectivity index (χ1) is 13.3. The van der Waals surface area contributed by atoms with Crippen LogP contribution in [-0.4, -0.2) is 31.7 Å². The molecule has 2 aromatic carbocycles. The summed E-state index contributed by atoms with van der Waals surface area (Å²) in [5, 5.41) is 2.70. The molecule has 6 heteroatoms. The van der Waals surface area contributed by atoms with E-state index in [2.05, 4.69) is 26.1 Å². The Bertz CT molecular complexity index is 776. The highest BCUT2D eigenvalue weighted by Gasteiger charge is 2.13. The maximum absolute atomic E-state index is 11.9. The largest absolute Gasteiger partial charge is 0.494 e. The molecular formula is C22H27NO5. The van der Waals surface area contributed by atoms with Gasteiger partial charge in [-0.1, -0.05) is 32.9 Å². The predicted molar refractivity (Wildman–Crippen MR) is 108 cm³/mol. The van der Waals surface area contributed by atoms with Crippen LogP contribution in [0.3, 0.4) is 0 Å². The monoisotopic (exact) mass is 385 g/mol. The van der Waals surface area contributed by atoms with Gasteiger partial charge in [0.2, 0.25) is 0 Å². The van der Waals surface area contributed by atoms with Crippen LogP contribution in [0, 0.1) is 0 Å². The number of benzene rings is 2. The number of anilines is 1.